The molecule has 0 spiro atoms. The molecule has 1 fully saturated rings. The van der Waals surface area contributed by atoms with Gasteiger partial charge in [0.1, 0.15) is 11.6 Å². The minimum Gasteiger partial charge on any atom is -0.370 e. The van der Waals surface area contributed by atoms with Crippen molar-refractivity contribution < 1.29 is 0 Å². The number of piperidine rings is 1. The second-order valence-electron chi connectivity index (χ2n) is 5.82. The third kappa shape index (κ3) is 4.01. The number of aryl methyl sites for hydroxylation is 2. The zero-order valence-electron chi connectivity index (χ0n) is 13.2. The third-order valence-electron chi connectivity index (χ3n) is 3.89. The highest BCUT2D eigenvalue weighted by atomic mass is 32.1. The molecule has 0 bridgehead atoms. The summed E-state index contributed by atoms with van der Waals surface area (Å²) in [4.78, 5) is 15.0. The van der Waals surface area contributed by atoms with Gasteiger partial charge in [-0.1, -0.05) is 0 Å². The third-order valence-corrected chi connectivity index (χ3v) is 4.86. The number of rotatable bonds is 5. The summed E-state index contributed by atoms with van der Waals surface area (Å²) in [5.74, 6) is 2.42. The predicted octanol–water partition coefficient (Wildman–Crippen LogP) is 2.67. The lowest BCUT2D eigenvalue weighted by atomic mass is 9.97. The van der Waals surface area contributed by atoms with Gasteiger partial charge in [-0.25, -0.2) is 15.0 Å². The van der Waals surface area contributed by atoms with Gasteiger partial charge in [0.05, 0.1) is 5.01 Å². The fourth-order valence-corrected chi connectivity index (χ4v) is 3.55. The van der Waals surface area contributed by atoms with Crippen LogP contribution < -0.4 is 10.6 Å². The number of aromatic nitrogens is 3. The topological polar surface area (TPSA) is 62.7 Å². The van der Waals surface area contributed by atoms with E-state index in [1.165, 1.54) is 9.88 Å². The van der Waals surface area contributed by atoms with Crippen LogP contribution >= 0.6 is 11.3 Å². The van der Waals surface area contributed by atoms with E-state index in [0.717, 1.165) is 56.2 Å². The van der Waals surface area contributed by atoms with Crippen molar-refractivity contribution in [3.05, 3.63) is 33.7 Å². The minimum absolute atomic E-state index is 0.489. The summed E-state index contributed by atoms with van der Waals surface area (Å²) < 4.78 is 0. The monoisotopic (exact) mass is 317 g/mol. The molecule has 5 nitrogen and oxygen atoms in total. The molecule has 3 heterocycles. The lowest BCUT2D eigenvalue weighted by Crippen LogP contribution is -2.27. The molecule has 0 radical (unpaired) electrons. The van der Waals surface area contributed by atoms with Gasteiger partial charge in [-0.2, -0.15) is 0 Å². The zero-order chi connectivity index (χ0) is 15.4. The first-order valence-electron chi connectivity index (χ1n) is 7.92. The van der Waals surface area contributed by atoms with Crippen LogP contribution in [-0.2, 0) is 6.42 Å². The molecule has 2 aromatic heterocycles. The number of nitrogens with one attached hydrogen (secondary N) is 2. The van der Waals surface area contributed by atoms with E-state index >= 15 is 0 Å². The number of hydrogen-bond donors (Lipinski definition) is 2. The highest BCUT2D eigenvalue weighted by Gasteiger charge is 2.18. The first-order chi connectivity index (χ1) is 10.7. The summed E-state index contributed by atoms with van der Waals surface area (Å²) in [7, 11) is 0. The molecule has 0 amide bonds. The number of anilines is 1. The summed E-state index contributed by atoms with van der Waals surface area (Å²) in [6, 6.07) is 2.03. The first-order valence-corrected chi connectivity index (χ1v) is 8.74. The van der Waals surface area contributed by atoms with Crippen molar-refractivity contribution in [2.45, 2.75) is 39.0 Å². The smallest absolute Gasteiger partial charge is 0.134 e. The maximum absolute atomic E-state index is 4.73. The van der Waals surface area contributed by atoms with Gasteiger partial charge in [0.15, 0.2) is 0 Å². The van der Waals surface area contributed by atoms with Crippen LogP contribution in [0.4, 0.5) is 5.82 Å². The van der Waals surface area contributed by atoms with Gasteiger partial charge in [0.2, 0.25) is 0 Å². The van der Waals surface area contributed by atoms with E-state index in [1.54, 1.807) is 11.3 Å². The van der Waals surface area contributed by atoms with Crippen LogP contribution in [-0.4, -0.2) is 34.6 Å². The lowest BCUT2D eigenvalue weighted by Gasteiger charge is -2.22. The van der Waals surface area contributed by atoms with E-state index < -0.39 is 0 Å². The Labute approximate surface area is 135 Å². The highest BCUT2D eigenvalue weighted by molar-refractivity contribution is 7.11. The van der Waals surface area contributed by atoms with Crippen molar-refractivity contribution in [3.8, 4) is 0 Å². The van der Waals surface area contributed by atoms with Gasteiger partial charge in [0.25, 0.3) is 0 Å². The van der Waals surface area contributed by atoms with E-state index in [0.29, 0.717) is 5.92 Å². The van der Waals surface area contributed by atoms with Crippen molar-refractivity contribution in [1.82, 2.24) is 20.3 Å². The van der Waals surface area contributed by atoms with E-state index in [2.05, 4.69) is 27.5 Å². The van der Waals surface area contributed by atoms with Crippen LogP contribution in [0.15, 0.2) is 12.3 Å². The molecular formula is C16H23N5S. The van der Waals surface area contributed by atoms with Gasteiger partial charge in [-0.3, -0.25) is 0 Å². The lowest BCUT2D eigenvalue weighted by molar-refractivity contribution is 0.444. The van der Waals surface area contributed by atoms with Crippen molar-refractivity contribution in [2.24, 2.45) is 0 Å². The van der Waals surface area contributed by atoms with E-state index in [1.807, 2.05) is 19.2 Å². The summed E-state index contributed by atoms with van der Waals surface area (Å²) in [5.41, 5.74) is 1.04. The summed E-state index contributed by atoms with van der Waals surface area (Å²) in [6.45, 7) is 7.12. The Balaban J connectivity index is 1.61. The van der Waals surface area contributed by atoms with Gasteiger partial charge >= 0.3 is 0 Å². The summed E-state index contributed by atoms with van der Waals surface area (Å²) >= 11 is 1.76. The van der Waals surface area contributed by atoms with Crippen LogP contribution in [0, 0.1) is 13.8 Å². The Morgan fingerprint density at radius 3 is 2.82 bits per heavy atom. The van der Waals surface area contributed by atoms with Crippen LogP contribution in [0.1, 0.15) is 40.2 Å². The Bertz CT molecular complexity index is 619. The second-order valence-corrected chi connectivity index (χ2v) is 7.14. The van der Waals surface area contributed by atoms with E-state index in [9.17, 15) is 0 Å². The Hall–Kier alpha value is -1.53. The van der Waals surface area contributed by atoms with Crippen LogP contribution in [0.2, 0.25) is 0 Å². The van der Waals surface area contributed by atoms with Crippen LogP contribution in [0.25, 0.3) is 0 Å². The van der Waals surface area contributed by atoms with Gasteiger partial charge in [0, 0.05) is 41.7 Å². The Morgan fingerprint density at radius 1 is 1.27 bits per heavy atom. The molecule has 2 N–H and O–H groups in total. The fourth-order valence-electron chi connectivity index (χ4n) is 2.76. The maximum Gasteiger partial charge on any atom is 0.134 e. The molecule has 118 valence electrons. The average Bonchev–Trinajstić information content (AvgIpc) is 2.93. The quantitative estimate of drug-likeness (QED) is 0.888. The molecule has 1 aliphatic rings. The molecule has 0 saturated carbocycles. The van der Waals surface area contributed by atoms with Crippen molar-refractivity contribution in [1.29, 1.82) is 0 Å². The molecule has 6 heteroatoms. The van der Waals surface area contributed by atoms with Crippen LogP contribution in [0.5, 0.6) is 0 Å². The van der Waals surface area contributed by atoms with Gasteiger partial charge in [-0.15, -0.1) is 11.3 Å². The molecule has 0 aliphatic carbocycles. The maximum atomic E-state index is 4.73. The molecule has 0 aromatic carbocycles. The Kier molecular flexibility index (Phi) is 5.00. The van der Waals surface area contributed by atoms with E-state index in [4.69, 9.17) is 4.98 Å². The van der Waals surface area contributed by atoms with Crippen molar-refractivity contribution in [2.75, 3.05) is 25.0 Å². The zero-order valence-corrected chi connectivity index (χ0v) is 14.0. The molecule has 22 heavy (non-hydrogen) atoms. The standard InChI is InChI=1S/C16H23N5S/c1-11-9-14(18-8-5-15-19-10-12(2)22-15)21-16(20-11)13-3-6-17-7-4-13/h9-10,13,17H,3-8H2,1-2H3,(H,18,20,21). The minimum atomic E-state index is 0.489. The Morgan fingerprint density at radius 2 is 2.09 bits per heavy atom. The average molecular weight is 317 g/mol. The highest BCUT2D eigenvalue weighted by Crippen LogP contribution is 2.23. The molecule has 0 unspecified atom stereocenters. The van der Waals surface area contributed by atoms with Crippen molar-refractivity contribution in [3.63, 3.8) is 0 Å². The molecule has 2 aromatic rings. The van der Waals surface area contributed by atoms with E-state index in [-0.39, 0.29) is 0 Å². The fraction of sp³-hybridized carbons (Fsp3) is 0.562. The summed E-state index contributed by atoms with van der Waals surface area (Å²) in [6.07, 6.45) is 5.12. The van der Waals surface area contributed by atoms with Crippen LogP contribution in [0.3, 0.4) is 0 Å². The largest absolute Gasteiger partial charge is 0.370 e. The van der Waals surface area contributed by atoms with Gasteiger partial charge in [-0.05, 0) is 39.8 Å². The molecule has 1 saturated heterocycles. The number of nitrogens with zero attached hydrogens (tertiary/aromatic N) is 3. The predicted molar refractivity (Wildman–Crippen MR) is 90.7 cm³/mol. The normalized spacial score (nSPS) is 15.9. The SMILES string of the molecule is Cc1cc(NCCc2ncc(C)s2)nc(C2CCNCC2)n1. The molecule has 0 atom stereocenters. The molecule has 3 rings (SSSR count). The van der Waals surface area contributed by atoms with Crippen molar-refractivity contribution >= 4 is 17.2 Å². The number of thiazole rings is 1. The van der Waals surface area contributed by atoms with Gasteiger partial charge < -0.3 is 10.6 Å². The molecular weight excluding hydrogens is 294 g/mol. The summed E-state index contributed by atoms with van der Waals surface area (Å²) in [5, 5.41) is 7.99. The second kappa shape index (κ2) is 7.15. The molecule has 1 aliphatic heterocycles. The number of hydrogen-bond acceptors (Lipinski definition) is 6. The first kappa shape index (κ1) is 15.4.